The van der Waals surface area contributed by atoms with E-state index in [1.54, 1.807) is 6.07 Å². The zero-order valence-corrected chi connectivity index (χ0v) is 14.7. The van der Waals surface area contributed by atoms with Crippen molar-refractivity contribution < 1.29 is 8.42 Å². The van der Waals surface area contributed by atoms with Crippen LogP contribution in [0.2, 0.25) is 0 Å². The highest BCUT2D eigenvalue weighted by molar-refractivity contribution is 7.91. The predicted molar refractivity (Wildman–Crippen MR) is 88.2 cm³/mol. The van der Waals surface area contributed by atoms with Crippen molar-refractivity contribution in [1.82, 2.24) is 10.0 Å². The molecule has 0 saturated heterocycles. The highest BCUT2D eigenvalue weighted by Crippen LogP contribution is 2.28. The first-order valence-corrected chi connectivity index (χ1v) is 10.1. The van der Waals surface area contributed by atoms with Gasteiger partial charge in [0.1, 0.15) is 4.21 Å². The first kappa shape index (κ1) is 16.9. The van der Waals surface area contributed by atoms with Crippen molar-refractivity contribution in [2.75, 3.05) is 0 Å². The highest BCUT2D eigenvalue weighted by Gasteiger charge is 2.24. The normalized spacial score (nSPS) is 17.1. The standard InChI is InChI=1S/C15H26N2O2S2/c1-4-6-12(5-2)17-21(18,19)15-9-11(3)14(20-15)10-16-13-7-8-13/h9,12-13,16-17H,4-8,10H2,1-3H3. The maximum Gasteiger partial charge on any atom is 0.250 e. The Labute approximate surface area is 132 Å². The minimum Gasteiger partial charge on any atom is -0.309 e. The van der Waals surface area contributed by atoms with Gasteiger partial charge in [-0.25, -0.2) is 13.1 Å². The topological polar surface area (TPSA) is 58.2 Å². The van der Waals surface area contributed by atoms with E-state index in [1.807, 2.05) is 13.8 Å². The molecule has 1 heterocycles. The van der Waals surface area contributed by atoms with Crippen molar-refractivity contribution in [2.24, 2.45) is 0 Å². The van der Waals surface area contributed by atoms with Crippen LogP contribution in [0.15, 0.2) is 10.3 Å². The van der Waals surface area contributed by atoms with Gasteiger partial charge in [-0.2, -0.15) is 0 Å². The summed E-state index contributed by atoms with van der Waals surface area (Å²) >= 11 is 1.39. The first-order chi connectivity index (χ1) is 9.96. The molecule has 0 aromatic carbocycles. The van der Waals surface area contributed by atoms with Crippen LogP contribution in [0, 0.1) is 6.92 Å². The molecule has 1 fully saturated rings. The van der Waals surface area contributed by atoms with Gasteiger partial charge in [-0.3, -0.25) is 0 Å². The molecule has 1 aromatic heterocycles. The van der Waals surface area contributed by atoms with Gasteiger partial charge >= 0.3 is 0 Å². The molecule has 0 amide bonds. The molecule has 4 nitrogen and oxygen atoms in total. The summed E-state index contributed by atoms with van der Waals surface area (Å²) in [6, 6.07) is 2.48. The minimum atomic E-state index is -3.38. The van der Waals surface area contributed by atoms with Crippen LogP contribution in [0.25, 0.3) is 0 Å². The van der Waals surface area contributed by atoms with E-state index in [4.69, 9.17) is 0 Å². The molecule has 0 radical (unpaired) electrons. The Kier molecular flexibility index (Phi) is 5.82. The lowest BCUT2D eigenvalue weighted by molar-refractivity contribution is 0.513. The third-order valence-electron chi connectivity index (χ3n) is 3.84. The summed E-state index contributed by atoms with van der Waals surface area (Å²) in [5.74, 6) is 0. The summed E-state index contributed by atoms with van der Waals surface area (Å²) in [5, 5.41) is 3.45. The molecule has 1 atom stereocenters. The molecule has 21 heavy (non-hydrogen) atoms. The Morgan fingerprint density at radius 2 is 2.10 bits per heavy atom. The van der Waals surface area contributed by atoms with Crippen molar-refractivity contribution in [1.29, 1.82) is 0 Å². The van der Waals surface area contributed by atoms with Gasteiger partial charge < -0.3 is 5.32 Å². The lowest BCUT2D eigenvalue weighted by atomic mass is 10.1. The second kappa shape index (κ2) is 7.22. The van der Waals surface area contributed by atoms with Gasteiger partial charge in [0.05, 0.1) is 0 Å². The van der Waals surface area contributed by atoms with Crippen molar-refractivity contribution >= 4 is 21.4 Å². The fourth-order valence-electron chi connectivity index (χ4n) is 2.29. The van der Waals surface area contributed by atoms with Crippen LogP contribution in [-0.4, -0.2) is 20.5 Å². The van der Waals surface area contributed by atoms with Crippen LogP contribution < -0.4 is 10.0 Å². The summed E-state index contributed by atoms with van der Waals surface area (Å²) in [6.07, 6.45) is 5.18. The molecule has 1 unspecified atom stereocenters. The first-order valence-electron chi connectivity index (χ1n) is 7.81. The molecule has 1 aliphatic carbocycles. The number of rotatable bonds is 9. The molecule has 0 spiro atoms. The maximum absolute atomic E-state index is 12.5. The highest BCUT2D eigenvalue weighted by atomic mass is 32.2. The number of aryl methyl sites for hydroxylation is 1. The fourth-order valence-corrected chi connectivity index (χ4v) is 5.20. The van der Waals surface area contributed by atoms with Crippen LogP contribution in [0.3, 0.4) is 0 Å². The van der Waals surface area contributed by atoms with Crippen LogP contribution in [0.4, 0.5) is 0 Å². The molecular formula is C15H26N2O2S2. The zero-order valence-electron chi connectivity index (χ0n) is 13.1. The molecule has 1 saturated carbocycles. The van der Waals surface area contributed by atoms with E-state index >= 15 is 0 Å². The summed E-state index contributed by atoms with van der Waals surface area (Å²) in [7, 11) is -3.38. The molecule has 1 aromatic rings. The van der Waals surface area contributed by atoms with Crippen LogP contribution >= 0.6 is 11.3 Å². The number of nitrogens with one attached hydrogen (secondary N) is 2. The molecule has 6 heteroatoms. The molecule has 2 N–H and O–H groups in total. The number of thiophene rings is 1. The van der Waals surface area contributed by atoms with Gasteiger partial charge in [-0.15, -0.1) is 11.3 Å². The van der Waals surface area contributed by atoms with Gasteiger partial charge in [0, 0.05) is 23.5 Å². The number of hydrogen-bond donors (Lipinski definition) is 2. The third kappa shape index (κ3) is 4.77. The average Bonchev–Trinajstić information content (AvgIpc) is 3.18. The van der Waals surface area contributed by atoms with Crippen molar-refractivity contribution in [2.45, 2.75) is 75.7 Å². The molecule has 1 aliphatic rings. The molecule has 2 rings (SSSR count). The second-order valence-corrected chi connectivity index (χ2v) is 8.92. The van der Waals surface area contributed by atoms with Crippen LogP contribution in [0.5, 0.6) is 0 Å². The lowest BCUT2D eigenvalue weighted by Crippen LogP contribution is -2.33. The zero-order chi connectivity index (χ0) is 15.5. The van der Waals surface area contributed by atoms with Crippen LogP contribution in [-0.2, 0) is 16.6 Å². The van der Waals surface area contributed by atoms with Gasteiger partial charge in [-0.05, 0) is 44.2 Å². The fraction of sp³-hybridized carbons (Fsp3) is 0.733. The Morgan fingerprint density at radius 1 is 1.38 bits per heavy atom. The van der Waals surface area contributed by atoms with Crippen molar-refractivity contribution in [3.8, 4) is 0 Å². The summed E-state index contributed by atoms with van der Waals surface area (Å²) in [4.78, 5) is 1.13. The largest absolute Gasteiger partial charge is 0.309 e. The smallest absolute Gasteiger partial charge is 0.250 e. The van der Waals surface area contributed by atoms with Gasteiger partial charge in [-0.1, -0.05) is 20.3 Å². The van der Waals surface area contributed by atoms with Crippen molar-refractivity contribution in [3.05, 3.63) is 16.5 Å². The summed E-state index contributed by atoms with van der Waals surface area (Å²) < 4.78 is 28.2. The van der Waals surface area contributed by atoms with E-state index in [0.29, 0.717) is 10.3 Å². The monoisotopic (exact) mass is 330 g/mol. The molecular weight excluding hydrogens is 304 g/mol. The number of hydrogen-bond acceptors (Lipinski definition) is 4. The number of sulfonamides is 1. The summed E-state index contributed by atoms with van der Waals surface area (Å²) in [5.41, 5.74) is 1.07. The van der Waals surface area contributed by atoms with E-state index in [2.05, 4.69) is 17.0 Å². The van der Waals surface area contributed by atoms with E-state index in [9.17, 15) is 8.42 Å². The Bertz CT molecular complexity index is 562. The average molecular weight is 331 g/mol. The molecule has 120 valence electrons. The predicted octanol–water partition coefficient (Wildman–Crippen LogP) is 3.17. The van der Waals surface area contributed by atoms with E-state index in [0.717, 1.165) is 36.2 Å². The van der Waals surface area contributed by atoms with E-state index in [-0.39, 0.29) is 6.04 Å². The second-order valence-electron chi connectivity index (χ2n) is 5.84. The summed E-state index contributed by atoms with van der Waals surface area (Å²) in [6.45, 7) is 6.87. The molecule has 0 aliphatic heterocycles. The Morgan fingerprint density at radius 3 is 2.67 bits per heavy atom. The lowest BCUT2D eigenvalue weighted by Gasteiger charge is -2.15. The Balaban J connectivity index is 2.06. The van der Waals surface area contributed by atoms with Crippen molar-refractivity contribution in [3.63, 3.8) is 0 Å². The van der Waals surface area contributed by atoms with Gasteiger partial charge in [0.25, 0.3) is 0 Å². The minimum absolute atomic E-state index is 0.0374. The molecule has 0 bridgehead atoms. The van der Waals surface area contributed by atoms with Gasteiger partial charge in [0.2, 0.25) is 10.0 Å². The Hall–Kier alpha value is -0.430. The quantitative estimate of drug-likeness (QED) is 0.731. The van der Waals surface area contributed by atoms with Crippen LogP contribution in [0.1, 0.15) is 56.4 Å². The van der Waals surface area contributed by atoms with E-state index in [1.165, 1.54) is 24.2 Å². The maximum atomic E-state index is 12.5. The van der Waals surface area contributed by atoms with E-state index < -0.39 is 10.0 Å². The van der Waals surface area contributed by atoms with Gasteiger partial charge in [0.15, 0.2) is 0 Å². The third-order valence-corrected chi connectivity index (χ3v) is 7.07. The SMILES string of the molecule is CCCC(CC)NS(=O)(=O)c1cc(C)c(CNC2CC2)s1.